The smallest absolute Gasteiger partial charge is 0.271 e. The van der Waals surface area contributed by atoms with Gasteiger partial charge in [-0.1, -0.05) is 24.9 Å². The first-order valence-electron chi connectivity index (χ1n) is 5.46. The highest BCUT2D eigenvalue weighted by Crippen LogP contribution is 2.26. The third kappa shape index (κ3) is 3.68. The van der Waals surface area contributed by atoms with Crippen LogP contribution >= 0.6 is 11.6 Å². The van der Waals surface area contributed by atoms with Gasteiger partial charge in [0, 0.05) is 12.1 Å². The van der Waals surface area contributed by atoms with E-state index in [4.69, 9.17) is 17.3 Å². The van der Waals surface area contributed by atoms with Crippen LogP contribution in [0.2, 0.25) is 5.02 Å². The molecule has 1 amide bonds. The van der Waals surface area contributed by atoms with Crippen LogP contribution in [-0.4, -0.2) is 16.9 Å². The fourth-order valence-electron chi connectivity index (χ4n) is 1.39. The van der Waals surface area contributed by atoms with Gasteiger partial charge in [0.15, 0.2) is 0 Å². The molecule has 6 nitrogen and oxygen atoms in total. The van der Waals surface area contributed by atoms with E-state index in [2.05, 4.69) is 5.32 Å². The van der Waals surface area contributed by atoms with Crippen molar-refractivity contribution < 1.29 is 9.72 Å². The molecule has 1 atom stereocenters. The van der Waals surface area contributed by atoms with Gasteiger partial charge < -0.3 is 11.1 Å². The van der Waals surface area contributed by atoms with E-state index in [1.54, 1.807) is 0 Å². The Balaban J connectivity index is 2.86. The molecule has 0 spiro atoms. The van der Waals surface area contributed by atoms with Crippen LogP contribution in [0.4, 0.5) is 11.4 Å². The van der Waals surface area contributed by atoms with E-state index in [1.807, 2.05) is 6.92 Å². The third-order valence-electron chi connectivity index (χ3n) is 2.36. The van der Waals surface area contributed by atoms with Gasteiger partial charge in [-0.15, -0.1) is 0 Å². The number of nitrogens with zero attached hydrogens (tertiary/aromatic N) is 1. The first-order valence-corrected chi connectivity index (χ1v) is 5.84. The molecule has 3 N–H and O–H groups in total. The highest BCUT2D eigenvalue weighted by Gasteiger charge is 2.16. The zero-order valence-corrected chi connectivity index (χ0v) is 10.6. The van der Waals surface area contributed by atoms with Gasteiger partial charge >= 0.3 is 0 Å². The number of halogens is 1. The van der Waals surface area contributed by atoms with Gasteiger partial charge in [-0.05, 0) is 12.5 Å². The second kappa shape index (κ2) is 6.32. The maximum Gasteiger partial charge on any atom is 0.271 e. The first kappa shape index (κ1) is 14.4. The van der Waals surface area contributed by atoms with Crippen molar-refractivity contribution >= 4 is 28.9 Å². The number of amides is 1. The summed E-state index contributed by atoms with van der Waals surface area (Å²) in [6.07, 6.45) is 1.32. The maximum atomic E-state index is 11.7. The highest BCUT2D eigenvalue weighted by atomic mass is 35.5. The number of nitrogens with two attached hydrogens (primary N) is 1. The zero-order chi connectivity index (χ0) is 13.7. The van der Waals surface area contributed by atoms with Gasteiger partial charge in [-0.3, -0.25) is 14.9 Å². The average molecular weight is 272 g/mol. The van der Waals surface area contributed by atoms with Gasteiger partial charge in [-0.2, -0.15) is 0 Å². The van der Waals surface area contributed by atoms with E-state index in [1.165, 1.54) is 18.2 Å². The SMILES string of the molecule is CCC[C@@H](N)C(=O)Nc1cc([N+](=O)[O-])ccc1Cl. The number of nitro benzene ring substituents is 1. The average Bonchev–Trinajstić information content (AvgIpc) is 2.31. The lowest BCUT2D eigenvalue weighted by Crippen LogP contribution is -2.35. The van der Waals surface area contributed by atoms with Crippen LogP contribution in [0, 0.1) is 10.1 Å². The summed E-state index contributed by atoms with van der Waals surface area (Å²) < 4.78 is 0. The van der Waals surface area contributed by atoms with Gasteiger partial charge in [0.1, 0.15) is 0 Å². The molecule has 0 aliphatic rings. The van der Waals surface area contributed by atoms with Gasteiger partial charge in [0.25, 0.3) is 5.69 Å². The van der Waals surface area contributed by atoms with E-state index in [9.17, 15) is 14.9 Å². The minimum atomic E-state index is -0.648. The van der Waals surface area contributed by atoms with Crippen LogP contribution in [-0.2, 0) is 4.79 Å². The molecule has 0 heterocycles. The topological polar surface area (TPSA) is 98.3 Å². The van der Waals surface area contributed by atoms with Crippen molar-refractivity contribution in [3.8, 4) is 0 Å². The molecule has 0 saturated heterocycles. The third-order valence-corrected chi connectivity index (χ3v) is 2.68. The van der Waals surface area contributed by atoms with Crippen LogP contribution < -0.4 is 11.1 Å². The molecule has 98 valence electrons. The van der Waals surface area contributed by atoms with E-state index in [0.29, 0.717) is 6.42 Å². The van der Waals surface area contributed by atoms with E-state index < -0.39 is 16.9 Å². The van der Waals surface area contributed by atoms with E-state index in [0.717, 1.165) is 6.42 Å². The predicted octanol–water partition coefficient (Wildman–Crippen LogP) is 2.31. The predicted molar refractivity (Wildman–Crippen MR) is 69.6 cm³/mol. The number of nitrogens with one attached hydrogen (secondary N) is 1. The molecule has 0 aliphatic heterocycles. The summed E-state index contributed by atoms with van der Waals surface area (Å²) in [5, 5.41) is 13.3. The molecular weight excluding hydrogens is 258 g/mol. The lowest BCUT2D eigenvalue weighted by atomic mass is 10.1. The zero-order valence-electron chi connectivity index (χ0n) is 9.85. The Morgan fingerprint density at radius 2 is 2.28 bits per heavy atom. The molecule has 0 saturated carbocycles. The molecule has 1 aromatic carbocycles. The lowest BCUT2D eigenvalue weighted by Gasteiger charge is -2.12. The monoisotopic (exact) mass is 271 g/mol. The Morgan fingerprint density at radius 1 is 1.61 bits per heavy atom. The standard InChI is InChI=1S/C11H14ClN3O3/c1-2-3-9(13)11(16)14-10-6-7(15(17)18)4-5-8(10)12/h4-6,9H,2-3,13H2,1H3,(H,14,16)/t9-/m1/s1. The maximum absolute atomic E-state index is 11.7. The second-order valence-electron chi connectivity index (χ2n) is 3.81. The van der Waals surface area contributed by atoms with Crippen LogP contribution in [0.3, 0.4) is 0 Å². The molecule has 0 unspecified atom stereocenters. The van der Waals surface area contributed by atoms with Gasteiger partial charge in [-0.25, -0.2) is 0 Å². The molecule has 0 aliphatic carbocycles. The second-order valence-corrected chi connectivity index (χ2v) is 4.21. The molecular formula is C11H14ClN3O3. The number of nitro groups is 1. The summed E-state index contributed by atoms with van der Waals surface area (Å²) >= 11 is 5.85. The number of anilines is 1. The fourth-order valence-corrected chi connectivity index (χ4v) is 1.55. The Labute approximate surface area is 109 Å². The summed E-state index contributed by atoms with van der Waals surface area (Å²) in [5.41, 5.74) is 5.69. The molecule has 0 radical (unpaired) electrons. The molecule has 0 bridgehead atoms. The number of benzene rings is 1. The van der Waals surface area contributed by atoms with Crippen LogP contribution in [0.5, 0.6) is 0 Å². The highest BCUT2D eigenvalue weighted by molar-refractivity contribution is 6.33. The first-order chi connectivity index (χ1) is 8.45. The molecule has 0 aromatic heterocycles. The fraction of sp³-hybridized carbons (Fsp3) is 0.364. The Bertz CT molecular complexity index is 465. The number of hydrogen-bond donors (Lipinski definition) is 2. The van der Waals surface area contributed by atoms with Crippen molar-refractivity contribution in [2.24, 2.45) is 5.73 Å². The van der Waals surface area contributed by atoms with Crippen molar-refractivity contribution in [3.63, 3.8) is 0 Å². The Morgan fingerprint density at radius 3 is 2.83 bits per heavy atom. The molecule has 18 heavy (non-hydrogen) atoms. The van der Waals surface area contributed by atoms with E-state index >= 15 is 0 Å². The molecule has 1 rings (SSSR count). The van der Waals surface area contributed by atoms with Crippen molar-refractivity contribution in [1.29, 1.82) is 0 Å². The van der Waals surface area contributed by atoms with Crippen molar-refractivity contribution in [1.82, 2.24) is 0 Å². The van der Waals surface area contributed by atoms with Crippen molar-refractivity contribution in [3.05, 3.63) is 33.3 Å². The number of hydrogen-bond acceptors (Lipinski definition) is 4. The number of carbonyl (C=O) groups is 1. The summed E-state index contributed by atoms with van der Waals surface area (Å²) in [6, 6.07) is 3.19. The summed E-state index contributed by atoms with van der Waals surface area (Å²) in [5.74, 6) is -0.403. The largest absolute Gasteiger partial charge is 0.323 e. The summed E-state index contributed by atoms with van der Waals surface area (Å²) in [7, 11) is 0. The lowest BCUT2D eigenvalue weighted by molar-refractivity contribution is -0.384. The van der Waals surface area contributed by atoms with E-state index in [-0.39, 0.29) is 16.4 Å². The summed E-state index contributed by atoms with van der Waals surface area (Å²) in [6.45, 7) is 1.91. The van der Waals surface area contributed by atoms with Crippen LogP contribution in [0.15, 0.2) is 18.2 Å². The van der Waals surface area contributed by atoms with Crippen LogP contribution in [0.1, 0.15) is 19.8 Å². The number of carbonyl (C=O) groups excluding carboxylic acids is 1. The normalized spacial score (nSPS) is 11.9. The van der Waals surface area contributed by atoms with Gasteiger partial charge in [0.05, 0.1) is 21.7 Å². The Kier molecular flexibility index (Phi) is 5.06. The minimum Gasteiger partial charge on any atom is -0.323 e. The van der Waals surface area contributed by atoms with Crippen LogP contribution in [0.25, 0.3) is 0 Å². The number of rotatable bonds is 5. The van der Waals surface area contributed by atoms with Gasteiger partial charge in [0.2, 0.25) is 5.91 Å². The van der Waals surface area contributed by atoms with Crippen molar-refractivity contribution in [2.45, 2.75) is 25.8 Å². The Hall–Kier alpha value is -1.66. The molecule has 1 aromatic rings. The number of non-ortho nitro benzene ring substituents is 1. The minimum absolute atomic E-state index is 0.140. The summed E-state index contributed by atoms with van der Waals surface area (Å²) in [4.78, 5) is 21.7. The van der Waals surface area contributed by atoms with Crippen molar-refractivity contribution in [2.75, 3.05) is 5.32 Å². The molecule has 7 heteroatoms. The quantitative estimate of drug-likeness (QED) is 0.634. The molecule has 0 fully saturated rings.